The van der Waals surface area contributed by atoms with E-state index < -0.39 is 0 Å². The summed E-state index contributed by atoms with van der Waals surface area (Å²) in [5.41, 5.74) is 2.56. The maximum atomic E-state index is 4.37. The lowest BCUT2D eigenvalue weighted by Gasteiger charge is -2.09. The van der Waals surface area contributed by atoms with E-state index in [0.29, 0.717) is 5.92 Å². The fourth-order valence-electron chi connectivity index (χ4n) is 1.70. The molecule has 1 aromatic rings. The van der Waals surface area contributed by atoms with Crippen LogP contribution in [0.2, 0.25) is 0 Å². The van der Waals surface area contributed by atoms with E-state index in [9.17, 15) is 0 Å². The molecule has 70 valence electrons. The summed E-state index contributed by atoms with van der Waals surface area (Å²) in [6.07, 6.45) is 5.28. The van der Waals surface area contributed by atoms with Gasteiger partial charge in [-0.15, -0.1) is 0 Å². The summed E-state index contributed by atoms with van der Waals surface area (Å²) >= 11 is 0. The second-order valence-electron chi connectivity index (χ2n) is 3.46. The fraction of sp³-hybridized carbons (Fsp3) is 0.600. The van der Waals surface area contributed by atoms with Crippen molar-refractivity contribution in [2.75, 3.05) is 12.4 Å². The van der Waals surface area contributed by atoms with Crippen LogP contribution >= 0.6 is 0 Å². The molecule has 1 fully saturated rings. The van der Waals surface area contributed by atoms with Crippen molar-refractivity contribution >= 4 is 5.82 Å². The van der Waals surface area contributed by atoms with E-state index in [1.54, 1.807) is 6.33 Å². The van der Waals surface area contributed by atoms with E-state index in [2.05, 4.69) is 22.2 Å². The number of nitrogens with zero attached hydrogens (tertiary/aromatic N) is 2. The van der Waals surface area contributed by atoms with Gasteiger partial charge in [-0.25, -0.2) is 9.97 Å². The number of rotatable bonds is 3. The second-order valence-corrected chi connectivity index (χ2v) is 3.46. The molecule has 1 aromatic heterocycles. The molecule has 3 nitrogen and oxygen atoms in total. The summed E-state index contributed by atoms with van der Waals surface area (Å²) in [6, 6.07) is 0. The van der Waals surface area contributed by atoms with Crippen LogP contribution < -0.4 is 5.32 Å². The zero-order chi connectivity index (χ0) is 9.26. The van der Waals surface area contributed by atoms with Crippen LogP contribution in [0.1, 0.15) is 36.9 Å². The Bertz CT molecular complexity index is 305. The molecule has 1 heterocycles. The monoisotopic (exact) mass is 177 g/mol. The fourth-order valence-corrected chi connectivity index (χ4v) is 1.70. The zero-order valence-corrected chi connectivity index (χ0v) is 8.17. The van der Waals surface area contributed by atoms with Crippen molar-refractivity contribution in [2.24, 2.45) is 0 Å². The van der Waals surface area contributed by atoms with Gasteiger partial charge >= 0.3 is 0 Å². The standard InChI is InChI=1S/C10H15N3/c1-3-8-9(7-4-5-7)12-6-13-10(8)11-2/h6-7H,3-5H2,1-2H3,(H,11,12,13). The molecule has 1 saturated carbocycles. The number of hydrogen-bond acceptors (Lipinski definition) is 3. The van der Waals surface area contributed by atoms with Gasteiger partial charge in [0.2, 0.25) is 0 Å². The second kappa shape index (κ2) is 3.32. The molecule has 0 aromatic carbocycles. The molecule has 0 spiro atoms. The lowest BCUT2D eigenvalue weighted by atomic mass is 10.1. The van der Waals surface area contributed by atoms with Crippen molar-refractivity contribution < 1.29 is 0 Å². The molecule has 1 aliphatic rings. The normalized spacial score (nSPS) is 15.8. The lowest BCUT2D eigenvalue weighted by Crippen LogP contribution is -2.03. The Hall–Kier alpha value is -1.12. The van der Waals surface area contributed by atoms with Gasteiger partial charge in [0, 0.05) is 18.5 Å². The third kappa shape index (κ3) is 1.50. The first-order valence-electron chi connectivity index (χ1n) is 4.88. The van der Waals surface area contributed by atoms with Crippen molar-refractivity contribution in [3.8, 4) is 0 Å². The van der Waals surface area contributed by atoms with Crippen LogP contribution in [-0.4, -0.2) is 17.0 Å². The molecule has 0 radical (unpaired) electrons. The van der Waals surface area contributed by atoms with Gasteiger partial charge in [-0.3, -0.25) is 0 Å². The molecule has 1 aliphatic carbocycles. The minimum atomic E-state index is 0.713. The first-order valence-corrected chi connectivity index (χ1v) is 4.88. The summed E-state index contributed by atoms with van der Waals surface area (Å²) in [7, 11) is 1.91. The maximum absolute atomic E-state index is 4.37. The van der Waals surface area contributed by atoms with E-state index >= 15 is 0 Å². The highest BCUT2D eigenvalue weighted by atomic mass is 15.0. The number of nitrogens with one attached hydrogen (secondary N) is 1. The molecule has 0 saturated heterocycles. The molecular weight excluding hydrogens is 162 g/mol. The van der Waals surface area contributed by atoms with Gasteiger partial charge in [-0.1, -0.05) is 6.92 Å². The van der Waals surface area contributed by atoms with Gasteiger partial charge in [0.1, 0.15) is 12.1 Å². The highest BCUT2D eigenvalue weighted by Crippen LogP contribution is 2.41. The average molecular weight is 177 g/mol. The molecule has 0 atom stereocenters. The van der Waals surface area contributed by atoms with Crippen molar-refractivity contribution in [1.29, 1.82) is 0 Å². The van der Waals surface area contributed by atoms with Crippen LogP contribution in [0, 0.1) is 0 Å². The van der Waals surface area contributed by atoms with Crippen molar-refractivity contribution in [2.45, 2.75) is 32.1 Å². The van der Waals surface area contributed by atoms with Gasteiger partial charge in [0.15, 0.2) is 0 Å². The van der Waals surface area contributed by atoms with Gasteiger partial charge < -0.3 is 5.32 Å². The van der Waals surface area contributed by atoms with Crippen LogP contribution in [0.4, 0.5) is 5.82 Å². The summed E-state index contributed by atoms with van der Waals surface area (Å²) in [5.74, 6) is 1.71. The first-order chi connectivity index (χ1) is 6.36. The molecule has 0 amide bonds. The quantitative estimate of drug-likeness (QED) is 0.767. The highest BCUT2D eigenvalue weighted by Gasteiger charge is 2.28. The smallest absolute Gasteiger partial charge is 0.132 e. The summed E-state index contributed by atoms with van der Waals surface area (Å²) in [5, 5.41) is 3.12. The van der Waals surface area contributed by atoms with Crippen LogP contribution in [0.5, 0.6) is 0 Å². The third-order valence-corrected chi connectivity index (χ3v) is 2.53. The predicted octanol–water partition coefficient (Wildman–Crippen LogP) is 1.96. The van der Waals surface area contributed by atoms with E-state index in [4.69, 9.17) is 0 Å². The minimum Gasteiger partial charge on any atom is -0.373 e. The van der Waals surface area contributed by atoms with Crippen LogP contribution in [0.25, 0.3) is 0 Å². The topological polar surface area (TPSA) is 37.8 Å². The average Bonchev–Trinajstić information content (AvgIpc) is 2.99. The largest absolute Gasteiger partial charge is 0.373 e. The Kier molecular flexibility index (Phi) is 2.17. The Morgan fingerprint density at radius 1 is 1.46 bits per heavy atom. The molecule has 0 unspecified atom stereocenters. The molecule has 2 rings (SSSR count). The SMILES string of the molecule is CCc1c(NC)ncnc1C1CC1. The zero-order valence-electron chi connectivity index (χ0n) is 8.17. The van der Waals surface area contributed by atoms with Gasteiger partial charge in [0.25, 0.3) is 0 Å². The summed E-state index contributed by atoms with van der Waals surface area (Å²) < 4.78 is 0. The number of aromatic nitrogens is 2. The first kappa shape index (κ1) is 8.48. The van der Waals surface area contributed by atoms with Crippen molar-refractivity contribution in [3.05, 3.63) is 17.6 Å². The molecule has 0 aliphatic heterocycles. The van der Waals surface area contributed by atoms with Crippen LogP contribution in [0.15, 0.2) is 6.33 Å². The number of anilines is 1. The molecular formula is C10H15N3. The van der Waals surface area contributed by atoms with E-state index in [1.807, 2.05) is 7.05 Å². The molecule has 1 N–H and O–H groups in total. The predicted molar refractivity (Wildman–Crippen MR) is 52.9 cm³/mol. The lowest BCUT2D eigenvalue weighted by molar-refractivity contribution is 0.923. The molecule has 3 heteroatoms. The minimum absolute atomic E-state index is 0.713. The van der Waals surface area contributed by atoms with Crippen LogP contribution in [-0.2, 0) is 6.42 Å². The van der Waals surface area contributed by atoms with Crippen molar-refractivity contribution in [3.63, 3.8) is 0 Å². The Labute approximate surface area is 78.6 Å². The van der Waals surface area contributed by atoms with E-state index in [1.165, 1.54) is 24.1 Å². The van der Waals surface area contributed by atoms with Crippen molar-refractivity contribution in [1.82, 2.24) is 9.97 Å². The Balaban J connectivity index is 2.41. The third-order valence-electron chi connectivity index (χ3n) is 2.53. The van der Waals surface area contributed by atoms with E-state index in [0.717, 1.165) is 12.2 Å². The number of hydrogen-bond donors (Lipinski definition) is 1. The van der Waals surface area contributed by atoms with Crippen LogP contribution in [0.3, 0.4) is 0 Å². The highest BCUT2D eigenvalue weighted by molar-refractivity contribution is 5.47. The Morgan fingerprint density at radius 3 is 2.77 bits per heavy atom. The molecule has 0 bridgehead atoms. The maximum Gasteiger partial charge on any atom is 0.132 e. The summed E-state index contributed by atoms with van der Waals surface area (Å²) in [4.78, 5) is 8.59. The van der Waals surface area contributed by atoms with Gasteiger partial charge in [-0.05, 0) is 19.3 Å². The van der Waals surface area contributed by atoms with Gasteiger partial charge in [0.05, 0.1) is 5.69 Å². The molecule has 13 heavy (non-hydrogen) atoms. The van der Waals surface area contributed by atoms with Gasteiger partial charge in [-0.2, -0.15) is 0 Å². The summed E-state index contributed by atoms with van der Waals surface area (Å²) in [6.45, 7) is 2.16. The van der Waals surface area contributed by atoms with E-state index in [-0.39, 0.29) is 0 Å². The Morgan fingerprint density at radius 2 is 2.23 bits per heavy atom.